The smallest absolute Gasteiger partial charge is 0.267 e. The quantitative estimate of drug-likeness (QED) is 0.295. The van der Waals surface area contributed by atoms with Crippen LogP contribution < -0.4 is 15.6 Å². The lowest BCUT2D eigenvalue weighted by Gasteiger charge is -2.15. The third-order valence-electron chi connectivity index (χ3n) is 5.71. The first-order valence-electron chi connectivity index (χ1n) is 10.5. The average molecular weight is 480 g/mol. The molecule has 0 radical (unpaired) electrons. The molecule has 2 aromatic carbocycles. The molecule has 0 aliphatic heterocycles. The van der Waals surface area contributed by atoms with Gasteiger partial charge in [-0.15, -0.1) is 11.3 Å². The van der Waals surface area contributed by atoms with Gasteiger partial charge in [-0.2, -0.15) is 0 Å². The molecular weight excluding hydrogens is 454 g/mol. The Morgan fingerprint density at radius 2 is 1.85 bits per heavy atom. The number of hydrogen-bond acceptors (Lipinski definition) is 6. The van der Waals surface area contributed by atoms with Crippen molar-refractivity contribution < 1.29 is 9.53 Å². The summed E-state index contributed by atoms with van der Waals surface area (Å²) in [5, 5.41) is 4.03. The zero-order chi connectivity index (χ0) is 23.7. The number of benzene rings is 2. The van der Waals surface area contributed by atoms with Gasteiger partial charge in [-0.25, -0.2) is 4.98 Å². The minimum atomic E-state index is -0.163. The van der Waals surface area contributed by atoms with Crippen LogP contribution in [-0.4, -0.2) is 28.3 Å². The minimum absolute atomic E-state index is 0.115. The Balaban J connectivity index is 1.74. The van der Waals surface area contributed by atoms with E-state index in [0.717, 1.165) is 27.3 Å². The lowest BCUT2D eigenvalue weighted by Crippen LogP contribution is -2.23. The number of para-hydroxylation sites is 2. The van der Waals surface area contributed by atoms with E-state index in [1.54, 1.807) is 17.7 Å². The number of aryl methyl sites for hydroxylation is 3. The third kappa shape index (κ3) is 4.41. The molecule has 0 unspecified atom stereocenters. The second kappa shape index (κ2) is 9.41. The van der Waals surface area contributed by atoms with E-state index in [-0.39, 0.29) is 17.2 Å². The fourth-order valence-electron chi connectivity index (χ4n) is 3.60. The number of carbonyl (C=O) groups is 1. The number of amides is 1. The highest BCUT2D eigenvalue weighted by molar-refractivity contribution is 7.99. The lowest BCUT2D eigenvalue weighted by molar-refractivity contribution is -0.113. The van der Waals surface area contributed by atoms with Crippen molar-refractivity contribution in [1.29, 1.82) is 0 Å². The fourth-order valence-corrected chi connectivity index (χ4v) is 5.48. The van der Waals surface area contributed by atoms with Gasteiger partial charge in [0.15, 0.2) is 5.16 Å². The standard InChI is InChI=1S/C25H25N3O3S2/c1-14-9-8-10-18(15(14)2)26-21(29)13-32-25-27-23-22(16(3)17(4)33-23)24(30)28(25)19-11-6-7-12-20(19)31-5/h6-12H,13H2,1-5H3,(H,26,29). The molecule has 2 aromatic heterocycles. The van der Waals surface area contributed by atoms with Crippen molar-refractivity contribution in [2.75, 3.05) is 18.2 Å². The predicted octanol–water partition coefficient (Wildman–Crippen LogP) is 5.42. The zero-order valence-electron chi connectivity index (χ0n) is 19.2. The molecule has 8 heteroatoms. The molecule has 1 amide bonds. The van der Waals surface area contributed by atoms with Gasteiger partial charge in [0.2, 0.25) is 5.91 Å². The number of thiophene rings is 1. The maximum atomic E-state index is 13.6. The Bertz CT molecular complexity index is 1420. The van der Waals surface area contributed by atoms with E-state index in [1.165, 1.54) is 23.1 Å². The number of aromatic nitrogens is 2. The van der Waals surface area contributed by atoms with Crippen LogP contribution in [0.15, 0.2) is 52.4 Å². The molecule has 0 aliphatic carbocycles. The van der Waals surface area contributed by atoms with Crippen molar-refractivity contribution in [3.63, 3.8) is 0 Å². The number of methoxy groups -OCH3 is 1. The van der Waals surface area contributed by atoms with Crippen LogP contribution >= 0.6 is 23.1 Å². The summed E-state index contributed by atoms with van der Waals surface area (Å²) >= 11 is 2.73. The SMILES string of the molecule is COc1ccccc1-n1c(SCC(=O)Nc2cccc(C)c2C)nc2sc(C)c(C)c2c1=O. The average Bonchev–Trinajstić information content (AvgIpc) is 3.09. The van der Waals surface area contributed by atoms with Crippen molar-refractivity contribution in [2.24, 2.45) is 0 Å². The summed E-state index contributed by atoms with van der Waals surface area (Å²) in [6, 6.07) is 13.1. The van der Waals surface area contributed by atoms with Gasteiger partial charge in [0.05, 0.1) is 23.9 Å². The molecule has 2 heterocycles. The molecule has 4 aromatic rings. The number of thioether (sulfide) groups is 1. The molecule has 170 valence electrons. The molecule has 0 atom stereocenters. The van der Waals surface area contributed by atoms with Crippen LogP contribution in [0.4, 0.5) is 5.69 Å². The van der Waals surface area contributed by atoms with Crippen molar-refractivity contribution in [1.82, 2.24) is 9.55 Å². The summed E-state index contributed by atoms with van der Waals surface area (Å²) in [7, 11) is 1.57. The number of anilines is 1. The summed E-state index contributed by atoms with van der Waals surface area (Å²) in [4.78, 5) is 32.9. The molecule has 0 bridgehead atoms. The molecule has 33 heavy (non-hydrogen) atoms. The van der Waals surface area contributed by atoms with Crippen molar-refractivity contribution in [3.05, 3.63) is 74.4 Å². The highest BCUT2D eigenvalue weighted by Crippen LogP contribution is 2.31. The Hall–Kier alpha value is -3.10. The number of carbonyl (C=O) groups excluding carboxylic acids is 1. The van der Waals surface area contributed by atoms with Gasteiger partial charge in [-0.1, -0.05) is 36.0 Å². The number of nitrogens with one attached hydrogen (secondary N) is 1. The summed E-state index contributed by atoms with van der Waals surface area (Å²) in [5.74, 6) is 0.518. The van der Waals surface area contributed by atoms with Crippen LogP contribution in [0.5, 0.6) is 5.75 Å². The maximum Gasteiger partial charge on any atom is 0.267 e. The lowest BCUT2D eigenvalue weighted by atomic mass is 10.1. The highest BCUT2D eigenvalue weighted by Gasteiger charge is 2.20. The van der Waals surface area contributed by atoms with Crippen molar-refractivity contribution in [3.8, 4) is 11.4 Å². The van der Waals surface area contributed by atoms with Crippen LogP contribution in [0.2, 0.25) is 0 Å². The van der Waals surface area contributed by atoms with Gasteiger partial charge in [-0.3, -0.25) is 14.2 Å². The van der Waals surface area contributed by atoms with Gasteiger partial charge in [0.25, 0.3) is 5.56 Å². The first kappa shape index (κ1) is 23.1. The van der Waals surface area contributed by atoms with Gasteiger partial charge >= 0.3 is 0 Å². The molecule has 4 rings (SSSR count). The van der Waals surface area contributed by atoms with Gasteiger partial charge < -0.3 is 10.1 Å². The Labute approximate surface area is 200 Å². The van der Waals surface area contributed by atoms with E-state index in [1.807, 2.05) is 64.1 Å². The second-order valence-electron chi connectivity index (χ2n) is 7.75. The first-order chi connectivity index (χ1) is 15.8. The molecule has 0 saturated carbocycles. The van der Waals surface area contributed by atoms with E-state index in [2.05, 4.69) is 5.32 Å². The first-order valence-corrected chi connectivity index (χ1v) is 12.3. The summed E-state index contributed by atoms with van der Waals surface area (Å²) in [6.07, 6.45) is 0. The Kier molecular flexibility index (Phi) is 6.58. The van der Waals surface area contributed by atoms with Gasteiger partial charge in [0, 0.05) is 10.6 Å². The molecule has 0 spiro atoms. The molecule has 0 aliphatic rings. The van der Waals surface area contributed by atoms with Crippen LogP contribution in [0.1, 0.15) is 21.6 Å². The molecular formula is C25H25N3O3S2. The normalized spacial score (nSPS) is 11.1. The topological polar surface area (TPSA) is 73.2 Å². The van der Waals surface area contributed by atoms with Crippen molar-refractivity contribution in [2.45, 2.75) is 32.9 Å². The second-order valence-corrected chi connectivity index (χ2v) is 9.90. The number of hydrogen-bond donors (Lipinski definition) is 1. The van der Waals surface area contributed by atoms with E-state index >= 15 is 0 Å². The largest absolute Gasteiger partial charge is 0.495 e. The molecule has 1 N–H and O–H groups in total. The van der Waals surface area contributed by atoms with E-state index in [0.29, 0.717) is 26.8 Å². The zero-order valence-corrected chi connectivity index (χ0v) is 20.8. The Morgan fingerprint density at radius 1 is 1.09 bits per heavy atom. The number of ether oxygens (including phenoxy) is 1. The van der Waals surface area contributed by atoms with Crippen LogP contribution in [-0.2, 0) is 4.79 Å². The van der Waals surface area contributed by atoms with Crippen LogP contribution in [0.25, 0.3) is 15.9 Å². The third-order valence-corrected chi connectivity index (χ3v) is 7.75. The van der Waals surface area contributed by atoms with E-state index in [4.69, 9.17) is 9.72 Å². The minimum Gasteiger partial charge on any atom is -0.495 e. The Morgan fingerprint density at radius 3 is 2.61 bits per heavy atom. The van der Waals surface area contributed by atoms with Crippen LogP contribution in [0, 0.1) is 27.7 Å². The maximum absolute atomic E-state index is 13.6. The monoisotopic (exact) mass is 479 g/mol. The van der Waals surface area contributed by atoms with Gasteiger partial charge in [0.1, 0.15) is 10.6 Å². The number of fused-ring (bicyclic) bond motifs is 1. The summed E-state index contributed by atoms with van der Waals surface area (Å²) in [6.45, 7) is 7.91. The molecule has 0 fully saturated rings. The molecule has 6 nitrogen and oxygen atoms in total. The van der Waals surface area contributed by atoms with Gasteiger partial charge in [-0.05, 0) is 62.6 Å². The van der Waals surface area contributed by atoms with Crippen LogP contribution in [0.3, 0.4) is 0 Å². The predicted molar refractivity (Wildman–Crippen MR) is 137 cm³/mol. The fraction of sp³-hybridized carbons (Fsp3) is 0.240. The van der Waals surface area contributed by atoms with E-state index < -0.39 is 0 Å². The molecule has 0 saturated heterocycles. The number of rotatable bonds is 6. The van der Waals surface area contributed by atoms with Crippen molar-refractivity contribution >= 4 is 44.9 Å². The van der Waals surface area contributed by atoms with E-state index in [9.17, 15) is 9.59 Å². The number of nitrogens with zero attached hydrogens (tertiary/aromatic N) is 2. The summed E-state index contributed by atoms with van der Waals surface area (Å²) < 4.78 is 7.06. The highest BCUT2D eigenvalue weighted by atomic mass is 32.2. The summed E-state index contributed by atoms with van der Waals surface area (Å²) in [5.41, 5.74) is 4.30.